The van der Waals surface area contributed by atoms with Gasteiger partial charge in [0.15, 0.2) is 11.7 Å². The van der Waals surface area contributed by atoms with Gasteiger partial charge < -0.3 is 10.6 Å². The zero-order valence-corrected chi connectivity index (χ0v) is 18.3. The number of nitrogens with one attached hydrogen (secondary N) is 2. The maximum absolute atomic E-state index is 13.9. The van der Waals surface area contributed by atoms with Gasteiger partial charge in [-0.2, -0.15) is 18.3 Å². The molecule has 5 nitrogen and oxygen atoms in total. The van der Waals surface area contributed by atoms with Gasteiger partial charge in [-0.15, -0.1) is 0 Å². The Kier molecular flexibility index (Phi) is 6.09. The normalized spacial score (nSPS) is 19.1. The number of carbonyl (C=O) groups is 1. The van der Waals surface area contributed by atoms with E-state index < -0.39 is 24.2 Å². The van der Waals surface area contributed by atoms with E-state index in [0.29, 0.717) is 10.6 Å². The van der Waals surface area contributed by atoms with Crippen LogP contribution in [0.4, 0.5) is 19.0 Å². The number of halogens is 5. The molecule has 2 heterocycles. The summed E-state index contributed by atoms with van der Waals surface area (Å²) < 4.78 is 42.4. The molecule has 1 amide bonds. The predicted octanol–water partition coefficient (Wildman–Crippen LogP) is 6.34. The number of benzene rings is 2. The van der Waals surface area contributed by atoms with Gasteiger partial charge in [-0.05, 0) is 30.2 Å². The Bertz CT molecular complexity index is 1120. The van der Waals surface area contributed by atoms with Crippen LogP contribution >= 0.6 is 23.2 Å². The average Bonchev–Trinajstić information content (AvgIpc) is 3.10. The fourth-order valence-electron chi connectivity index (χ4n) is 3.74. The number of nitrogens with zero attached hydrogens (tertiary/aromatic N) is 2. The van der Waals surface area contributed by atoms with Crippen LogP contribution in [0, 0.1) is 0 Å². The molecule has 0 unspecified atom stereocenters. The summed E-state index contributed by atoms with van der Waals surface area (Å²) >= 11 is 12.3. The zero-order chi connectivity index (χ0) is 23.0. The number of aromatic nitrogens is 2. The van der Waals surface area contributed by atoms with E-state index in [1.54, 1.807) is 31.2 Å². The largest absolute Gasteiger partial charge is 0.410 e. The van der Waals surface area contributed by atoms with Crippen molar-refractivity contribution < 1.29 is 18.0 Å². The number of carbonyl (C=O) groups excluding carboxylic acids is 1. The van der Waals surface area contributed by atoms with E-state index >= 15 is 0 Å². The highest BCUT2D eigenvalue weighted by Crippen LogP contribution is 2.46. The summed E-state index contributed by atoms with van der Waals surface area (Å²) in [6, 6.07) is 12.7. The Morgan fingerprint density at radius 3 is 2.44 bits per heavy atom. The van der Waals surface area contributed by atoms with E-state index in [0.717, 1.165) is 10.2 Å². The Morgan fingerprint density at radius 1 is 1.16 bits per heavy atom. The third kappa shape index (κ3) is 4.42. The summed E-state index contributed by atoms with van der Waals surface area (Å²) in [7, 11) is 0. The molecule has 3 aromatic rings. The molecule has 1 aliphatic rings. The summed E-state index contributed by atoms with van der Waals surface area (Å²) in [4.78, 5) is 12.8. The van der Waals surface area contributed by atoms with E-state index in [1.807, 2.05) is 30.3 Å². The molecule has 0 fully saturated rings. The number of alkyl halides is 3. The molecule has 0 radical (unpaired) electrons. The van der Waals surface area contributed by atoms with Crippen LogP contribution in [0.2, 0.25) is 10.0 Å². The van der Waals surface area contributed by atoms with Crippen molar-refractivity contribution in [3.8, 4) is 0 Å². The monoisotopic (exact) mass is 482 g/mol. The summed E-state index contributed by atoms with van der Waals surface area (Å²) in [5.41, 5.74) is 1.20. The van der Waals surface area contributed by atoms with Crippen molar-refractivity contribution >= 4 is 34.9 Å². The van der Waals surface area contributed by atoms with E-state index in [2.05, 4.69) is 15.7 Å². The smallest absolute Gasteiger partial charge is 0.362 e. The van der Waals surface area contributed by atoms with Crippen LogP contribution in [0.15, 0.2) is 54.6 Å². The second-order valence-corrected chi connectivity index (χ2v) is 8.42. The van der Waals surface area contributed by atoms with Crippen LogP contribution in [0.3, 0.4) is 0 Å². The highest BCUT2D eigenvalue weighted by atomic mass is 35.5. The van der Waals surface area contributed by atoms with Crippen molar-refractivity contribution in [3.63, 3.8) is 0 Å². The molecule has 0 bridgehead atoms. The fourth-order valence-corrected chi connectivity index (χ4v) is 4.13. The molecule has 3 atom stereocenters. The summed E-state index contributed by atoms with van der Waals surface area (Å²) in [6.45, 7) is 1.77. The molecule has 0 aliphatic carbocycles. The lowest BCUT2D eigenvalue weighted by Crippen LogP contribution is -2.36. The van der Waals surface area contributed by atoms with Gasteiger partial charge in [0.1, 0.15) is 10.8 Å². The van der Waals surface area contributed by atoms with Gasteiger partial charge >= 0.3 is 6.18 Å². The van der Waals surface area contributed by atoms with Crippen LogP contribution in [0.1, 0.15) is 53.1 Å². The van der Waals surface area contributed by atoms with Gasteiger partial charge in [-0.25, -0.2) is 4.68 Å². The van der Waals surface area contributed by atoms with Gasteiger partial charge in [0.25, 0.3) is 5.91 Å². The average molecular weight is 483 g/mol. The van der Waals surface area contributed by atoms with Crippen LogP contribution in [0.5, 0.6) is 0 Å². The minimum Gasteiger partial charge on any atom is -0.362 e. The van der Waals surface area contributed by atoms with Crippen molar-refractivity contribution in [2.24, 2.45) is 0 Å². The third-order valence-electron chi connectivity index (χ3n) is 5.43. The molecule has 32 heavy (non-hydrogen) atoms. The quantitative estimate of drug-likeness (QED) is 0.455. The highest BCUT2D eigenvalue weighted by Gasteiger charge is 2.47. The van der Waals surface area contributed by atoms with Crippen LogP contribution < -0.4 is 10.6 Å². The molecule has 2 N–H and O–H groups in total. The lowest BCUT2D eigenvalue weighted by molar-refractivity contribution is -0.173. The first kappa shape index (κ1) is 22.5. The minimum absolute atomic E-state index is 0.0438. The Labute approximate surface area is 192 Å². The van der Waals surface area contributed by atoms with Crippen LogP contribution in [0.25, 0.3) is 0 Å². The number of hydrogen-bond acceptors (Lipinski definition) is 3. The molecule has 168 valence electrons. The standard InChI is InChI=1S/C22H19Cl2F3N4O/c1-12(13-5-3-2-4-6-13)28-21(32)19-18(24)20-29-16(14-7-9-15(23)10-8-14)11-17(22(25,26)27)31(20)30-19/h2-10,12,16-17,29H,11H2,1H3,(H,28,32)/t12-,16-,17+/m1/s1. The van der Waals surface area contributed by atoms with Gasteiger partial charge in [0, 0.05) is 11.4 Å². The van der Waals surface area contributed by atoms with Crippen LogP contribution in [-0.4, -0.2) is 21.9 Å². The molecule has 0 saturated heterocycles. The maximum atomic E-state index is 13.9. The lowest BCUT2D eigenvalue weighted by atomic mass is 9.97. The predicted molar refractivity (Wildman–Crippen MR) is 117 cm³/mol. The van der Waals surface area contributed by atoms with E-state index in [9.17, 15) is 18.0 Å². The summed E-state index contributed by atoms with van der Waals surface area (Å²) in [5.74, 6) is -0.697. The zero-order valence-electron chi connectivity index (χ0n) is 16.8. The van der Waals surface area contributed by atoms with Crippen molar-refractivity contribution in [1.82, 2.24) is 15.1 Å². The highest BCUT2D eigenvalue weighted by molar-refractivity contribution is 6.36. The number of anilines is 1. The molecule has 2 aromatic carbocycles. The van der Waals surface area contributed by atoms with Gasteiger partial charge in [-0.3, -0.25) is 4.79 Å². The Hall–Kier alpha value is -2.71. The lowest BCUT2D eigenvalue weighted by Gasteiger charge is -2.33. The number of amides is 1. The number of fused-ring (bicyclic) bond motifs is 1. The topological polar surface area (TPSA) is 59.0 Å². The van der Waals surface area contributed by atoms with Crippen molar-refractivity contribution in [1.29, 1.82) is 0 Å². The van der Waals surface area contributed by atoms with E-state index in [-0.39, 0.29) is 29.0 Å². The maximum Gasteiger partial charge on any atom is 0.410 e. The SMILES string of the molecule is C[C@@H](NC(=O)c1nn2c(c1Cl)N[C@@H](c1ccc(Cl)cc1)C[C@H]2C(F)(F)F)c1ccccc1. The Balaban J connectivity index is 1.66. The second-order valence-electron chi connectivity index (χ2n) is 7.60. The molecule has 10 heteroatoms. The number of rotatable bonds is 4. The minimum atomic E-state index is -4.58. The van der Waals surface area contributed by atoms with Gasteiger partial charge in [-0.1, -0.05) is 65.7 Å². The van der Waals surface area contributed by atoms with Crippen molar-refractivity contribution in [2.75, 3.05) is 5.32 Å². The van der Waals surface area contributed by atoms with Gasteiger partial charge in [0.2, 0.25) is 0 Å². The molecule has 1 aromatic heterocycles. The Morgan fingerprint density at radius 2 is 1.81 bits per heavy atom. The van der Waals surface area contributed by atoms with Gasteiger partial charge in [0.05, 0.1) is 12.1 Å². The van der Waals surface area contributed by atoms with E-state index in [4.69, 9.17) is 23.2 Å². The van der Waals surface area contributed by atoms with E-state index in [1.165, 1.54) is 0 Å². The fraction of sp³-hybridized carbons (Fsp3) is 0.273. The molecular weight excluding hydrogens is 464 g/mol. The molecule has 1 aliphatic heterocycles. The first-order valence-corrected chi connectivity index (χ1v) is 10.6. The number of hydrogen-bond donors (Lipinski definition) is 2. The summed E-state index contributed by atoms with van der Waals surface area (Å²) in [5, 5.41) is 10.0. The molecule has 4 rings (SSSR count). The first-order valence-electron chi connectivity index (χ1n) is 9.87. The van der Waals surface area contributed by atoms with Crippen molar-refractivity contribution in [2.45, 2.75) is 37.6 Å². The molecular formula is C22H19Cl2F3N4O. The molecule has 0 saturated carbocycles. The second kappa shape index (κ2) is 8.67. The molecule has 0 spiro atoms. The van der Waals surface area contributed by atoms with Crippen LogP contribution in [-0.2, 0) is 0 Å². The first-order chi connectivity index (χ1) is 15.1. The third-order valence-corrected chi connectivity index (χ3v) is 6.04. The van der Waals surface area contributed by atoms with Crippen molar-refractivity contribution in [3.05, 3.63) is 81.5 Å². The summed E-state index contributed by atoms with van der Waals surface area (Å²) in [6.07, 6.45) is -4.89.